The number of halogens is 1. The molecule has 6 heterocycles. The first-order chi connectivity index (χ1) is 35.8. The zero-order valence-corrected chi connectivity index (χ0v) is 49.7. The quantitative estimate of drug-likeness (QED) is 0.0534. The molecule has 4 aliphatic rings. The van der Waals surface area contributed by atoms with Crippen molar-refractivity contribution in [2.75, 3.05) is 76.6 Å². The number of nitrogens with zero attached hydrogens (tertiary/aromatic N) is 8. The van der Waals surface area contributed by atoms with Crippen LogP contribution >= 0.6 is 11.6 Å². The molecule has 0 aromatic carbocycles. The standard InChI is InChI=1S/C26H37N5O4.C14H21ClN4O.C12H16NO3.C3H7.Sn/c1-26(2,3)30-22(32)17-31(4)25-19-8-7-9-20(19)28-24(29-25)21-16-18(11-12-27-21)33-14-15-35-23-10-5-6-13-34-23;1-14(2,3)18-11(20)8-19(4)12-9-6-5-7-10(9)16-13(15)17-12;1-2-8-15-12(3-1)16-10-9-14-11-4-6-13-7-5-11;1-3-2;/h11-12,16,23H,5-10,13-15,17H2,1-4H3,(H,30,32);5-8H2,1-4H3,(H,18,20);4-6,12H,1-3,8-10H2;3H,1-2H3;. The second-order valence-corrected chi connectivity index (χ2v) is 27.6. The van der Waals surface area contributed by atoms with E-state index < -0.39 is 21.1 Å². The van der Waals surface area contributed by atoms with Gasteiger partial charge in [0.2, 0.25) is 17.1 Å². The summed E-state index contributed by atoms with van der Waals surface area (Å²) in [4.78, 5) is 55.4. The molecule has 2 aliphatic carbocycles. The first-order valence-electron chi connectivity index (χ1n) is 26.7. The van der Waals surface area contributed by atoms with Crippen LogP contribution in [0.15, 0.2) is 36.7 Å². The molecule has 2 fully saturated rings. The summed E-state index contributed by atoms with van der Waals surface area (Å²) in [6.07, 6.45) is 15.7. The van der Waals surface area contributed by atoms with Crippen LogP contribution in [-0.4, -0.2) is 153 Å². The fourth-order valence-corrected chi connectivity index (χ4v) is 11.8. The molecule has 2 radical (unpaired) electrons. The maximum absolute atomic E-state index is 12.5. The number of nitrogens with one attached hydrogen (secondary N) is 2. The monoisotopic (exact) mass is 1160 g/mol. The summed E-state index contributed by atoms with van der Waals surface area (Å²) < 4.78 is 36.1. The van der Waals surface area contributed by atoms with E-state index in [0.717, 1.165) is 128 Å². The Balaban J connectivity index is 0.000000196. The van der Waals surface area contributed by atoms with Gasteiger partial charge in [-0.15, -0.1) is 0 Å². The second kappa shape index (κ2) is 29.3. The molecular weight excluding hydrogens is 1080 g/mol. The van der Waals surface area contributed by atoms with Gasteiger partial charge in [0.15, 0.2) is 12.1 Å². The third-order valence-corrected chi connectivity index (χ3v) is 15.5. The molecule has 8 rings (SSSR count). The van der Waals surface area contributed by atoms with Crippen molar-refractivity contribution in [2.45, 2.75) is 160 Å². The third kappa shape index (κ3) is 20.8. The number of hydrogen-bond donors (Lipinski definition) is 2. The van der Waals surface area contributed by atoms with E-state index in [2.05, 4.69) is 50.5 Å². The summed E-state index contributed by atoms with van der Waals surface area (Å²) >= 11 is 5.40. The third-order valence-electron chi connectivity index (χ3n) is 12.0. The average molecular weight is 1160 g/mol. The minimum atomic E-state index is -0.567. The summed E-state index contributed by atoms with van der Waals surface area (Å²) in [6.45, 7) is 20.4. The number of aryl methyl sites for hydroxylation is 2. The number of carbonyl (C=O) groups is 2. The number of ether oxygens (including phenoxy) is 6. The van der Waals surface area contributed by atoms with E-state index in [1.165, 1.54) is 10.1 Å². The summed E-state index contributed by atoms with van der Waals surface area (Å²) in [5.74, 6) is 3.64. The molecule has 2 aliphatic heterocycles. The van der Waals surface area contributed by atoms with Crippen molar-refractivity contribution in [3.8, 4) is 23.0 Å². The molecule has 2 unspecified atom stereocenters. The van der Waals surface area contributed by atoms with E-state index in [-0.39, 0.29) is 53.8 Å². The molecule has 4 aromatic heterocycles. The molecule has 75 heavy (non-hydrogen) atoms. The molecule has 0 saturated carbocycles. The number of amides is 2. The van der Waals surface area contributed by atoms with Crippen LogP contribution in [0.4, 0.5) is 11.6 Å². The van der Waals surface area contributed by atoms with Gasteiger partial charge in [0.25, 0.3) is 0 Å². The molecule has 4 aromatic rings. The van der Waals surface area contributed by atoms with Crippen LogP contribution in [0.25, 0.3) is 11.5 Å². The number of likely N-dealkylation sites (N-methyl/N-ethyl adjacent to an activating group) is 2. The van der Waals surface area contributed by atoms with Crippen LogP contribution < -0.4 is 33.6 Å². The number of fused-ring (bicyclic) bond motifs is 2. The van der Waals surface area contributed by atoms with Crippen LogP contribution in [0.2, 0.25) is 9.22 Å². The van der Waals surface area contributed by atoms with Crippen molar-refractivity contribution in [1.82, 2.24) is 40.5 Å². The summed E-state index contributed by atoms with van der Waals surface area (Å²) in [5.41, 5.74) is 4.42. The van der Waals surface area contributed by atoms with Crippen LogP contribution in [0.1, 0.15) is 129 Å². The summed E-state index contributed by atoms with van der Waals surface area (Å²) in [5, 5.41) is 6.21. The number of rotatable bonds is 19. The molecule has 2 amide bonds. The number of hydrogen-bond acceptors (Lipinski definition) is 16. The topological polar surface area (TPSA) is 197 Å². The van der Waals surface area contributed by atoms with Gasteiger partial charge in [-0.05, 0) is 117 Å². The van der Waals surface area contributed by atoms with E-state index in [1.54, 1.807) is 6.20 Å². The first kappa shape index (κ1) is 59.8. The number of pyridine rings is 2. The van der Waals surface area contributed by atoms with E-state index in [1.807, 2.05) is 89.8 Å². The van der Waals surface area contributed by atoms with Gasteiger partial charge in [0.05, 0.1) is 25.4 Å². The molecule has 2 atom stereocenters. The van der Waals surface area contributed by atoms with Gasteiger partial charge in [-0.3, -0.25) is 14.6 Å². The Morgan fingerprint density at radius 1 is 0.680 bits per heavy atom. The predicted octanol–water partition coefficient (Wildman–Crippen LogP) is 7.43. The van der Waals surface area contributed by atoms with Crippen LogP contribution in [0, 0.1) is 0 Å². The fraction of sp³-hybridized carbons (Fsp3) is 0.636. The van der Waals surface area contributed by atoms with Crippen LogP contribution in [-0.2, 0) is 54.2 Å². The van der Waals surface area contributed by atoms with Crippen molar-refractivity contribution >= 4 is 59.9 Å². The van der Waals surface area contributed by atoms with E-state index in [9.17, 15) is 9.59 Å². The SMILES string of the molecule is CN(CC(=O)NC(C)(C)C)c1nc(-c2cc(OCCOC3CCCCO3)ccn2)nc2c1CCC2.CN(CC(=O)NC(C)(C)C)c1nc(Cl)nc2c1CCC2.C[CH](C)[Sn][c]1cc(OCCOC2CCCCO2)ccn1. The molecule has 2 saturated heterocycles. The number of aromatic nitrogens is 6. The Morgan fingerprint density at radius 3 is 1.69 bits per heavy atom. The van der Waals surface area contributed by atoms with Gasteiger partial charge in [-0.1, -0.05) is 0 Å². The predicted molar refractivity (Wildman–Crippen MR) is 293 cm³/mol. The average Bonchev–Trinajstić information content (AvgIpc) is 4.04. The zero-order valence-electron chi connectivity index (χ0n) is 46.1. The first-order valence-corrected chi connectivity index (χ1v) is 30.1. The van der Waals surface area contributed by atoms with E-state index in [0.29, 0.717) is 43.7 Å². The van der Waals surface area contributed by atoms with Gasteiger partial charge in [0.1, 0.15) is 29.7 Å². The van der Waals surface area contributed by atoms with E-state index >= 15 is 0 Å². The summed E-state index contributed by atoms with van der Waals surface area (Å²) in [6, 6.07) is 7.67. The van der Waals surface area contributed by atoms with Crippen molar-refractivity contribution < 1.29 is 38.0 Å². The van der Waals surface area contributed by atoms with Crippen molar-refractivity contribution in [2.24, 2.45) is 0 Å². The second-order valence-electron chi connectivity index (χ2n) is 21.6. The maximum atomic E-state index is 12.5. The van der Waals surface area contributed by atoms with Gasteiger partial charge in [0, 0.05) is 60.9 Å². The molecule has 0 spiro atoms. The Labute approximate surface area is 460 Å². The van der Waals surface area contributed by atoms with Crippen LogP contribution in [0.5, 0.6) is 11.5 Å². The zero-order chi connectivity index (χ0) is 54.0. The van der Waals surface area contributed by atoms with Crippen molar-refractivity contribution in [3.63, 3.8) is 0 Å². The normalized spacial score (nSPS) is 17.1. The van der Waals surface area contributed by atoms with Crippen LogP contribution in [0.3, 0.4) is 0 Å². The van der Waals surface area contributed by atoms with Crippen molar-refractivity contribution in [3.05, 3.63) is 64.5 Å². The molecule has 20 heteroatoms. The van der Waals surface area contributed by atoms with Gasteiger partial charge >= 0.3 is 131 Å². The number of carbonyl (C=O) groups excluding carboxylic acids is 2. The Kier molecular flexibility index (Phi) is 23.4. The molecule has 0 bridgehead atoms. The molecule has 410 valence electrons. The Bertz CT molecular complexity index is 2450. The number of anilines is 2. The molecule has 18 nitrogen and oxygen atoms in total. The summed E-state index contributed by atoms with van der Waals surface area (Å²) in [7, 11) is 3.76. The van der Waals surface area contributed by atoms with E-state index in [4.69, 9.17) is 50.0 Å². The molecular formula is C55H81ClN10O8Sn. The minimum absolute atomic E-state index is 0.0264. The Morgan fingerprint density at radius 2 is 1.19 bits per heavy atom. The Hall–Kier alpha value is -4.47. The van der Waals surface area contributed by atoms with Gasteiger partial charge in [-0.25, -0.2) is 19.9 Å². The molecule has 2 N–H and O–H groups in total. The van der Waals surface area contributed by atoms with Gasteiger partial charge < -0.3 is 34.6 Å². The fourth-order valence-electron chi connectivity index (χ4n) is 8.90. The van der Waals surface area contributed by atoms with Gasteiger partial charge in [-0.2, -0.15) is 0 Å². The van der Waals surface area contributed by atoms with Crippen molar-refractivity contribution in [1.29, 1.82) is 0 Å².